The van der Waals surface area contributed by atoms with Crippen molar-refractivity contribution in [3.8, 4) is 0 Å². The summed E-state index contributed by atoms with van der Waals surface area (Å²) in [6.07, 6.45) is 2.52. The van der Waals surface area contributed by atoms with Crippen LogP contribution in [0.25, 0.3) is 0 Å². The van der Waals surface area contributed by atoms with Gasteiger partial charge in [0.05, 0.1) is 4.92 Å². The quantitative estimate of drug-likeness (QED) is 0.551. The van der Waals surface area contributed by atoms with E-state index in [1.165, 1.54) is 11.7 Å². The smallest absolute Gasteiger partial charge is 0.320 e. The van der Waals surface area contributed by atoms with E-state index >= 15 is 0 Å². The summed E-state index contributed by atoms with van der Waals surface area (Å²) in [5, 5.41) is 26.3. The van der Waals surface area contributed by atoms with Gasteiger partial charge in [-0.2, -0.15) is 5.10 Å². The van der Waals surface area contributed by atoms with Crippen molar-refractivity contribution in [1.82, 2.24) is 15.1 Å². The SMILES string of the molecule is CC(C)CC(CCO)CNC(=O)c1c([N+](=O)[O-])cnn1C. The lowest BCUT2D eigenvalue weighted by atomic mass is 9.94. The molecule has 0 saturated carbocycles. The zero-order chi connectivity index (χ0) is 16.0. The second-order valence-corrected chi connectivity index (χ2v) is 5.48. The van der Waals surface area contributed by atoms with Gasteiger partial charge >= 0.3 is 5.69 Å². The lowest BCUT2D eigenvalue weighted by Crippen LogP contribution is -2.32. The Kier molecular flexibility index (Phi) is 6.29. The molecule has 0 aliphatic rings. The molecule has 1 aromatic rings. The minimum absolute atomic E-state index is 0.0547. The molecule has 1 atom stereocenters. The Morgan fingerprint density at radius 1 is 1.57 bits per heavy atom. The van der Waals surface area contributed by atoms with Crippen molar-refractivity contribution in [1.29, 1.82) is 0 Å². The number of aliphatic hydroxyl groups excluding tert-OH is 1. The van der Waals surface area contributed by atoms with Crippen molar-refractivity contribution >= 4 is 11.6 Å². The fraction of sp³-hybridized carbons (Fsp3) is 0.692. The number of nitro groups is 1. The van der Waals surface area contributed by atoms with Crippen LogP contribution in [-0.2, 0) is 7.05 Å². The number of nitrogens with zero attached hydrogens (tertiary/aromatic N) is 3. The predicted octanol–water partition coefficient (Wildman–Crippen LogP) is 1.10. The normalized spacial score (nSPS) is 12.4. The number of nitrogens with one attached hydrogen (secondary N) is 1. The predicted molar refractivity (Wildman–Crippen MR) is 76.8 cm³/mol. The Morgan fingerprint density at radius 2 is 2.24 bits per heavy atom. The fourth-order valence-electron chi connectivity index (χ4n) is 2.30. The van der Waals surface area contributed by atoms with E-state index in [-0.39, 0.29) is 23.9 Å². The molecule has 0 radical (unpaired) electrons. The van der Waals surface area contributed by atoms with Crippen LogP contribution in [-0.4, -0.2) is 38.9 Å². The summed E-state index contributed by atoms with van der Waals surface area (Å²) in [6, 6.07) is 0. The summed E-state index contributed by atoms with van der Waals surface area (Å²) < 4.78 is 1.19. The molecule has 1 aromatic heterocycles. The van der Waals surface area contributed by atoms with Crippen molar-refractivity contribution in [2.75, 3.05) is 13.2 Å². The van der Waals surface area contributed by atoms with Crippen molar-refractivity contribution in [2.45, 2.75) is 26.7 Å². The molecule has 2 N–H and O–H groups in total. The molecule has 8 nitrogen and oxygen atoms in total. The molecule has 21 heavy (non-hydrogen) atoms. The van der Waals surface area contributed by atoms with Crippen LogP contribution < -0.4 is 5.32 Å². The number of carbonyl (C=O) groups is 1. The summed E-state index contributed by atoms with van der Waals surface area (Å²) in [7, 11) is 1.49. The van der Waals surface area contributed by atoms with E-state index in [1.54, 1.807) is 0 Å². The third-order valence-corrected chi connectivity index (χ3v) is 3.22. The maximum atomic E-state index is 12.1. The first-order valence-electron chi connectivity index (χ1n) is 6.92. The largest absolute Gasteiger partial charge is 0.396 e. The topological polar surface area (TPSA) is 110 Å². The number of amides is 1. The molecular formula is C13H22N4O4. The summed E-state index contributed by atoms with van der Waals surface area (Å²) >= 11 is 0. The van der Waals surface area contributed by atoms with Crippen molar-refractivity contribution in [2.24, 2.45) is 18.9 Å². The average Bonchev–Trinajstić information content (AvgIpc) is 2.77. The average molecular weight is 298 g/mol. The number of hydrogen-bond acceptors (Lipinski definition) is 5. The van der Waals surface area contributed by atoms with Gasteiger partial charge in [0, 0.05) is 20.2 Å². The maximum Gasteiger partial charge on any atom is 0.320 e. The van der Waals surface area contributed by atoms with E-state index < -0.39 is 10.8 Å². The second-order valence-electron chi connectivity index (χ2n) is 5.48. The summed E-state index contributed by atoms with van der Waals surface area (Å²) in [5.74, 6) is 0.0733. The highest BCUT2D eigenvalue weighted by Gasteiger charge is 2.25. The molecule has 0 bridgehead atoms. The molecule has 1 unspecified atom stereocenters. The number of carbonyl (C=O) groups excluding carboxylic acids is 1. The summed E-state index contributed by atoms with van der Waals surface area (Å²) in [6.45, 7) is 4.56. The van der Waals surface area contributed by atoms with Gasteiger partial charge < -0.3 is 10.4 Å². The summed E-state index contributed by atoms with van der Waals surface area (Å²) in [4.78, 5) is 22.3. The van der Waals surface area contributed by atoms with Crippen LogP contribution in [0, 0.1) is 22.0 Å². The maximum absolute atomic E-state index is 12.1. The first-order chi connectivity index (χ1) is 9.86. The number of aromatic nitrogens is 2. The van der Waals surface area contributed by atoms with Crippen LogP contribution in [0.15, 0.2) is 6.20 Å². The minimum atomic E-state index is -0.624. The molecule has 0 aromatic carbocycles. The Bertz CT molecular complexity index is 498. The van der Waals surface area contributed by atoms with E-state index in [4.69, 9.17) is 5.11 Å². The van der Waals surface area contributed by atoms with Crippen LogP contribution >= 0.6 is 0 Å². The van der Waals surface area contributed by atoms with Crippen molar-refractivity contribution in [3.63, 3.8) is 0 Å². The third-order valence-electron chi connectivity index (χ3n) is 3.22. The monoisotopic (exact) mass is 298 g/mol. The fourth-order valence-corrected chi connectivity index (χ4v) is 2.30. The molecule has 0 aliphatic carbocycles. The van der Waals surface area contributed by atoms with E-state index in [0.29, 0.717) is 18.9 Å². The van der Waals surface area contributed by atoms with Gasteiger partial charge in [-0.15, -0.1) is 0 Å². The van der Waals surface area contributed by atoms with Crippen LogP contribution in [0.1, 0.15) is 37.2 Å². The Labute approximate surface area is 123 Å². The standard InChI is InChI=1S/C13H22N4O4/c1-9(2)6-10(4-5-18)7-14-13(19)12-11(17(20)21)8-15-16(12)3/h8-10,18H,4-7H2,1-3H3,(H,14,19). The molecule has 0 aliphatic heterocycles. The number of aliphatic hydroxyl groups is 1. The lowest BCUT2D eigenvalue weighted by Gasteiger charge is -2.18. The second kappa shape index (κ2) is 7.72. The van der Waals surface area contributed by atoms with Crippen molar-refractivity contribution < 1.29 is 14.8 Å². The van der Waals surface area contributed by atoms with Gasteiger partial charge in [-0.3, -0.25) is 19.6 Å². The Morgan fingerprint density at radius 3 is 2.76 bits per heavy atom. The number of hydrogen-bond donors (Lipinski definition) is 2. The van der Waals surface area contributed by atoms with Crippen LogP contribution in [0.4, 0.5) is 5.69 Å². The third kappa shape index (κ3) is 4.82. The molecule has 1 heterocycles. The van der Waals surface area contributed by atoms with E-state index in [1.807, 2.05) is 0 Å². The lowest BCUT2D eigenvalue weighted by molar-refractivity contribution is -0.385. The minimum Gasteiger partial charge on any atom is -0.396 e. The van der Waals surface area contributed by atoms with E-state index in [9.17, 15) is 14.9 Å². The van der Waals surface area contributed by atoms with Crippen LogP contribution in [0.5, 0.6) is 0 Å². The van der Waals surface area contributed by atoms with Gasteiger partial charge in [-0.1, -0.05) is 13.8 Å². The van der Waals surface area contributed by atoms with Crippen LogP contribution in [0.3, 0.4) is 0 Å². The van der Waals surface area contributed by atoms with E-state index in [0.717, 1.165) is 12.6 Å². The van der Waals surface area contributed by atoms with Gasteiger partial charge in [0.25, 0.3) is 5.91 Å². The zero-order valence-corrected chi connectivity index (χ0v) is 12.6. The van der Waals surface area contributed by atoms with Crippen LogP contribution in [0.2, 0.25) is 0 Å². The highest BCUT2D eigenvalue weighted by Crippen LogP contribution is 2.18. The number of aryl methyl sites for hydroxylation is 1. The van der Waals surface area contributed by atoms with Gasteiger partial charge in [0.15, 0.2) is 0 Å². The molecule has 118 valence electrons. The highest BCUT2D eigenvalue weighted by atomic mass is 16.6. The first-order valence-corrected chi connectivity index (χ1v) is 6.92. The van der Waals surface area contributed by atoms with Gasteiger partial charge in [-0.05, 0) is 24.7 Å². The molecule has 0 fully saturated rings. The molecular weight excluding hydrogens is 276 g/mol. The highest BCUT2D eigenvalue weighted by molar-refractivity contribution is 5.96. The van der Waals surface area contributed by atoms with Crippen molar-refractivity contribution in [3.05, 3.63) is 22.0 Å². The van der Waals surface area contributed by atoms with Gasteiger partial charge in [0.2, 0.25) is 5.69 Å². The zero-order valence-electron chi connectivity index (χ0n) is 12.6. The Balaban J connectivity index is 2.72. The molecule has 0 saturated heterocycles. The van der Waals surface area contributed by atoms with E-state index in [2.05, 4.69) is 24.3 Å². The molecule has 1 rings (SSSR count). The van der Waals surface area contributed by atoms with Gasteiger partial charge in [-0.25, -0.2) is 0 Å². The molecule has 1 amide bonds. The summed E-state index contributed by atoms with van der Waals surface area (Å²) in [5.41, 5.74) is -0.370. The first kappa shape index (κ1) is 17.1. The Hall–Kier alpha value is -1.96. The van der Waals surface area contributed by atoms with Gasteiger partial charge in [0.1, 0.15) is 6.20 Å². The molecule has 0 spiro atoms. The molecule has 8 heteroatoms. The number of rotatable bonds is 8.